The largest absolute Gasteiger partial charge is 0.313 e. The van der Waals surface area contributed by atoms with Gasteiger partial charge in [-0.25, -0.2) is 13.2 Å². The van der Waals surface area contributed by atoms with Gasteiger partial charge < -0.3 is 4.57 Å². The van der Waals surface area contributed by atoms with Crippen molar-refractivity contribution in [1.82, 2.24) is 4.57 Å². The highest BCUT2D eigenvalue weighted by molar-refractivity contribution is 6.38. The number of hydrogen-bond acceptors (Lipinski definition) is 1. The Kier molecular flexibility index (Phi) is 3.86. The molecule has 0 aliphatic heterocycles. The van der Waals surface area contributed by atoms with Crippen molar-refractivity contribution in [2.45, 2.75) is 6.92 Å². The zero-order valence-electron chi connectivity index (χ0n) is 11.6. The molecule has 3 aromatic rings. The van der Waals surface area contributed by atoms with Crippen LogP contribution in [0.5, 0.6) is 0 Å². The van der Waals surface area contributed by atoms with Crippen LogP contribution in [0.25, 0.3) is 16.6 Å². The van der Waals surface area contributed by atoms with Crippen molar-refractivity contribution >= 4 is 34.1 Å². The number of fused-ring (bicyclic) bond motifs is 1. The Morgan fingerprint density at radius 3 is 2.43 bits per heavy atom. The number of hydrogen-bond donors (Lipinski definition) is 0. The molecule has 0 fully saturated rings. The summed E-state index contributed by atoms with van der Waals surface area (Å²) in [7, 11) is 0. The first-order chi connectivity index (χ1) is 10.8. The van der Waals surface area contributed by atoms with Crippen molar-refractivity contribution < 1.29 is 13.2 Å². The minimum atomic E-state index is -0.922. The quantitative estimate of drug-likeness (QED) is 0.560. The smallest absolute Gasteiger partial charge is 0.193 e. The Bertz CT molecular complexity index is 1010. The van der Waals surface area contributed by atoms with E-state index in [9.17, 15) is 18.0 Å². The van der Waals surface area contributed by atoms with Crippen molar-refractivity contribution in [3.63, 3.8) is 0 Å². The van der Waals surface area contributed by atoms with Crippen LogP contribution in [-0.2, 0) is 0 Å². The van der Waals surface area contributed by atoms with Crippen molar-refractivity contribution in [1.29, 1.82) is 0 Å². The molecule has 0 aliphatic carbocycles. The summed E-state index contributed by atoms with van der Waals surface area (Å²) in [4.78, 5) is 12.3. The van der Waals surface area contributed by atoms with E-state index >= 15 is 0 Å². The molecule has 0 spiro atoms. The fourth-order valence-corrected chi connectivity index (χ4v) is 2.91. The van der Waals surface area contributed by atoms with E-state index in [1.807, 2.05) is 0 Å². The maximum Gasteiger partial charge on any atom is 0.193 e. The van der Waals surface area contributed by atoms with Crippen molar-refractivity contribution in [3.05, 3.63) is 73.7 Å². The van der Waals surface area contributed by atoms with Crippen LogP contribution in [0, 0.1) is 24.4 Å². The topological polar surface area (TPSA) is 22.0 Å². The molecule has 0 aliphatic rings. The molecule has 2 aromatic carbocycles. The van der Waals surface area contributed by atoms with Gasteiger partial charge in [-0.3, -0.25) is 4.79 Å². The molecule has 2 nitrogen and oxygen atoms in total. The van der Waals surface area contributed by atoms with Gasteiger partial charge in [0, 0.05) is 17.8 Å². The number of pyridine rings is 1. The Hall–Kier alpha value is -1.98. The van der Waals surface area contributed by atoms with E-state index in [0.29, 0.717) is 6.07 Å². The van der Waals surface area contributed by atoms with Gasteiger partial charge in [-0.05, 0) is 25.1 Å². The van der Waals surface area contributed by atoms with Gasteiger partial charge in [-0.15, -0.1) is 0 Å². The molecule has 0 N–H and O–H groups in total. The van der Waals surface area contributed by atoms with E-state index in [-0.39, 0.29) is 27.2 Å². The van der Waals surface area contributed by atoms with Crippen LogP contribution in [0.15, 0.2) is 35.3 Å². The van der Waals surface area contributed by atoms with Crippen LogP contribution in [-0.4, -0.2) is 4.57 Å². The summed E-state index contributed by atoms with van der Waals surface area (Å²) in [6.07, 6.45) is 1.37. The van der Waals surface area contributed by atoms with Crippen LogP contribution >= 0.6 is 23.2 Å². The lowest BCUT2D eigenvalue weighted by Gasteiger charge is -2.15. The maximum atomic E-state index is 14.1. The molecule has 0 radical (unpaired) electrons. The van der Waals surface area contributed by atoms with Crippen molar-refractivity contribution in [3.8, 4) is 5.69 Å². The summed E-state index contributed by atoms with van der Waals surface area (Å²) in [6.45, 7) is 1.49. The number of nitrogens with zero attached hydrogens (tertiary/aromatic N) is 1. The monoisotopic (exact) mass is 357 g/mol. The molecule has 7 heteroatoms. The van der Waals surface area contributed by atoms with Crippen LogP contribution in [0.4, 0.5) is 13.2 Å². The predicted octanol–water partition coefficient (Wildman–Crippen LogP) is 5.02. The number of aryl methyl sites for hydroxylation is 1. The summed E-state index contributed by atoms with van der Waals surface area (Å²) in [5, 5.41) is -0.850. The van der Waals surface area contributed by atoms with E-state index in [1.165, 1.54) is 29.8 Å². The average Bonchev–Trinajstić information content (AvgIpc) is 2.49. The first-order valence-corrected chi connectivity index (χ1v) is 7.21. The molecule has 0 atom stereocenters. The van der Waals surface area contributed by atoms with Crippen LogP contribution in [0.2, 0.25) is 10.0 Å². The Balaban J connectivity index is 2.52. The first kappa shape index (κ1) is 15.9. The molecule has 1 aromatic heterocycles. The Morgan fingerprint density at radius 1 is 1.09 bits per heavy atom. The number of benzene rings is 2. The second-order valence-electron chi connectivity index (χ2n) is 4.99. The van der Waals surface area contributed by atoms with Gasteiger partial charge in [0.05, 0.1) is 26.6 Å². The molecule has 0 saturated carbocycles. The predicted molar refractivity (Wildman–Crippen MR) is 84.2 cm³/mol. The summed E-state index contributed by atoms with van der Waals surface area (Å²) in [5.41, 5.74) is -0.148. The normalized spacial score (nSPS) is 11.2. The van der Waals surface area contributed by atoms with Gasteiger partial charge in [-0.2, -0.15) is 0 Å². The highest BCUT2D eigenvalue weighted by Gasteiger charge is 2.18. The zero-order chi connectivity index (χ0) is 16.9. The summed E-state index contributed by atoms with van der Waals surface area (Å²) >= 11 is 11.7. The fraction of sp³-hybridized carbons (Fsp3) is 0.0625. The van der Waals surface area contributed by atoms with E-state index < -0.39 is 27.9 Å². The number of rotatable bonds is 1. The second-order valence-corrected chi connectivity index (χ2v) is 5.77. The van der Waals surface area contributed by atoms with Crippen LogP contribution < -0.4 is 5.43 Å². The SMILES string of the molecule is Cc1cn(-c2ccc(F)cc2F)c2cc(Cl)c(F)c(Cl)c2c1=O. The molecule has 118 valence electrons. The molecule has 0 unspecified atom stereocenters. The lowest BCUT2D eigenvalue weighted by molar-refractivity contribution is 0.578. The molecular weight excluding hydrogens is 350 g/mol. The molecule has 0 amide bonds. The van der Waals surface area contributed by atoms with E-state index in [2.05, 4.69) is 0 Å². The minimum Gasteiger partial charge on any atom is -0.313 e. The van der Waals surface area contributed by atoms with Crippen LogP contribution in [0.3, 0.4) is 0 Å². The third-order valence-electron chi connectivity index (χ3n) is 3.48. The maximum absolute atomic E-state index is 14.1. The number of halogens is 5. The van der Waals surface area contributed by atoms with Gasteiger partial charge in [0.2, 0.25) is 0 Å². The fourth-order valence-electron chi connectivity index (χ4n) is 2.38. The first-order valence-electron chi connectivity index (χ1n) is 6.46. The van der Waals surface area contributed by atoms with Crippen molar-refractivity contribution in [2.24, 2.45) is 0 Å². The lowest BCUT2D eigenvalue weighted by Crippen LogP contribution is -2.13. The third-order valence-corrected chi connectivity index (χ3v) is 4.11. The summed E-state index contributed by atoms with van der Waals surface area (Å²) in [5.74, 6) is -2.50. The standard InChI is InChI=1S/C16H8Cl2F3NO/c1-7-6-22(11-3-2-8(19)4-10(11)20)12-5-9(17)15(21)14(18)13(12)16(7)23/h2-6H,1H3. The highest BCUT2D eigenvalue weighted by Crippen LogP contribution is 2.32. The van der Waals surface area contributed by atoms with E-state index in [1.54, 1.807) is 0 Å². The summed E-state index contributed by atoms with van der Waals surface area (Å²) in [6, 6.07) is 4.17. The van der Waals surface area contributed by atoms with Gasteiger partial charge >= 0.3 is 0 Å². The zero-order valence-corrected chi connectivity index (χ0v) is 13.1. The average molecular weight is 358 g/mol. The van der Waals surface area contributed by atoms with Gasteiger partial charge in [0.15, 0.2) is 11.2 Å². The van der Waals surface area contributed by atoms with E-state index in [0.717, 1.165) is 6.07 Å². The lowest BCUT2D eigenvalue weighted by atomic mass is 10.1. The Morgan fingerprint density at radius 2 is 1.78 bits per heavy atom. The Labute approximate surface area is 138 Å². The highest BCUT2D eigenvalue weighted by atomic mass is 35.5. The number of aromatic nitrogens is 1. The second kappa shape index (κ2) is 5.58. The van der Waals surface area contributed by atoms with Gasteiger partial charge in [0.1, 0.15) is 11.6 Å². The molecule has 0 bridgehead atoms. The van der Waals surface area contributed by atoms with Gasteiger partial charge in [-0.1, -0.05) is 23.2 Å². The summed E-state index contributed by atoms with van der Waals surface area (Å²) < 4.78 is 42.4. The molecule has 23 heavy (non-hydrogen) atoms. The molecule has 3 rings (SSSR count). The molecule has 1 heterocycles. The van der Waals surface area contributed by atoms with E-state index in [4.69, 9.17) is 23.2 Å². The third kappa shape index (κ3) is 2.50. The van der Waals surface area contributed by atoms with Crippen molar-refractivity contribution in [2.75, 3.05) is 0 Å². The molecule has 0 saturated heterocycles. The molecular formula is C16H8Cl2F3NO. The van der Waals surface area contributed by atoms with Gasteiger partial charge in [0.25, 0.3) is 0 Å². The van der Waals surface area contributed by atoms with Crippen LogP contribution in [0.1, 0.15) is 5.56 Å². The minimum absolute atomic E-state index is 0.0155.